The molecule has 21 heavy (non-hydrogen) atoms. The monoisotopic (exact) mass is 284 g/mol. The van der Waals surface area contributed by atoms with E-state index in [0.29, 0.717) is 5.69 Å². The van der Waals surface area contributed by atoms with E-state index in [1.165, 1.54) is 0 Å². The minimum Gasteiger partial charge on any atom is -0.351 e. The van der Waals surface area contributed by atoms with E-state index in [9.17, 15) is 4.79 Å². The molecule has 0 spiro atoms. The fourth-order valence-electron chi connectivity index (χ4n) is 2.20. The first-order chi connectivity index (χ1) is 10.1. The Morgan fingerprint density at radius 1 is 1.10 bits per heavy atom. The molecule has 0 saturated carbocycles. The highest BCUT2D eigenvalue weighted by atomic mass is 16.2. The van der Waals surface area contributed by atoms with Crippen LogP contribution < -0.4 is 16.4 Å². The maximum absolute atomic E-state index is 10.8. The largest absolute Gasteiger partial charge is 0.351 e. The lowest BCUT2D eigenvalue weighted by Gasteiger charge is -2.20. The van der Waals surface area contributed by atoms with Crippen LogP contribution in [-0.4, -0.2) is 11.0 Å². The molecule has 1 aromatic carbocycles. The van der Waals surface area contributed by atoms with E-state index >= 15 is 0 Å². The van der Waals surface area contributed by atoms with Crippen LogP contribution in [0.2, 0.25) is 0 Å². The van der Waals surface area contributed by atoms with Crippen molar-refractivity contribution in [1.82, 2.24) is 10.3 Å². The van der Waals surface area contributed by atoms with Gasteiger partial charge in [-0.1, -0.05) is 18.2 Å². The number of hydrogen-bond acceptors (Lipinski definition) is 3. The van der Waals surface area contributed by atoms with Crippen molar-refractivity contribution in [3.05, 3.63) is 59.9 Å². The van der Waals surface area contributed by atoms with Crippen LogP contribution in [0.4, 0.5) is 10.5 Å². The zero-order chi connectivity index (χ0) is 15.2. The van der Waals surface area contributed by atoms with Gasteiger partial charge in [-0.3, -0.25) is 4.98 Å². The highest BCUT2D eigenvalue weighted by molar-refractivity contribution is 5.87. The Balaban J connectivity index is 2.00. The van der Waals surface area contributed by atoms with E-state index in [2.05, 4.69) is 35.5 Å². The lowest BCUT2D eigenvalue weighted by molar-refractivity contribution is 0.259. The fourth-order valence-corrected chi connectivity index (χ4v) is 2.20. The van der Waals surface area contributed by atoms with Gasteiger partial charge in [0.15, 0.2) is 0 Å². The van der Waals surface area contributed by atoms with Crippen molar-refractivity contribution in [2.75, 3.05) is 5.32 Å². The summed E-state index contributed by atoms with van der Waals surface area (Å²) in [5, 5.41) is 6.07. The Kier molecular flexibility index (Phi) is 4.90. The summed E-state index contributed by atoms with van der Waals surface area (Å²) in [5.74, 6) is 0. The van der Waals surface area contributed by atoms with Crippen LogP contribution in [-0.2, 0) is 0 Å². The number of urea groups is 1. The first-order valence-electron chi connectivity index (χ1n) is 6.88. The smallest absolute Gasteiger partial charge is 0.316 e. The standard InChI is InChI=1S/C16H20N4O/c1-11(19-12(2)14-4-3-9-18-10-14)13-5-7-15(8-6-13)20-16(17)21/h3-12,19H,1-2H3,(H3,17,20,21)/t11?,12-/m1/s1. The van der Waals surface area contributed by atoms with Crippen LogP contribution >= 0.6 is 0 Å². The Hall–Kier alpha value is -2.40. The molecule has 2 amide bonds. The Bertz CT molecular complexity index is 583. The Morgan fingerprint density at radius 3 is 2.33 bits per heavy atom. The summed E-state index contributed by atoms with van der Waals surface area (Å²) in [7, 11) is 0. The zero-order valence-corrected chi connectivity index (χ0v) is 12.2. The second kappa shape index (κ2) is 6.85. The maximum Gasteiger partial charge on any atom is 0.316 e. The molecule has 0 fully saturated rings. The molecule has 110 valence electrons. The molecule has 2 atom stereocenters. The van der Waals surface area contributed by atoms with E-state index in [-0.39, 0.29) is 12.1 Å². The number of anilines is 1. The van der Waals surface area contributed by atoms with Crippen molar-refractivity contribution in [1.29, 1.82) is 0 Å². The van der Waals surface area contributed by atoms with Crippen molar-refractivity contribution in [2.24, 2.45) is 5.73 Å². The normalized spacial score (nSPS) is 13.4. The average molecular weight is 284 g/mol. The number of nitrogens with two attached hydrogens (primary N) is 1. The molecule has 2 aromatic rings. The molecule has 5 heteroatoms. The van der Waals surface area contributed by atoms with E-state index in [1.807, 2.05) is 36.5 Å². The van der Waals surface area contributed by atoms with Gasteiger partial charge >= 0.3 is 6.03 Å². The molecule has 4 N–H and O–H groups in total. The number of rotatable bonds is 5. The molecule has 0 aliphatic carbocycles. The number of carbonyl (C=O) groups is 1. The third-order valence-corrected chi connectivity index (χ3v) is 3.36. The van der Waals surface area contributed by atoms with Gasteiger partial charge in [-0.2, -0.15) is 0 Å². The maximum atomic E-state index is 10.8. The number of primary amides is 1. The van der Waals surface area contributed by atoms with Gasteiger partial charge in [0, 0.05) is 30.2 Å². The summed E-state index contributed by atoms with van der Waals surface area (Å²) in [6.45, 7) is 4.21. The van der Waals surface area contributed by atoms with Crippen LogP contribution in [0.15, 0.2) is 48.8 Å². The number of benzene rings is 1. The molecule has 0 saturated heterocycles. The highest BCUT2D eigenvalue weighted by Crippen LogP contribution is 2.20. The van der Waals surface area contributed by atoms with Gasteiger partial charge in [-0.25, -0.2) is 4.79 Å². The van der Waals surface area contributed by atoms with Crippen molar-refractivity contribution in [3.63, 3.8) is 0 Å². The number of hydrogen-bond donors (Lipinski definition) is 3. The molecule has 2 rings (SSSR count). The quantitative estimate of drug-likeness (QED) is 0.789. The summed E-state index contributed by atoms with van der Waals surface area (Å²) >= 11 is 0. The number of amides is 2. The number of nitrogens with zero attached hydrogens (tertiary/aromatic N) is 1. The summed E-state index contributed by atoms with van der Waals surface area (Å²) < 4.78 is 0. The van der Waals surface area contributed by atoms with Crippen molar-refractivity contribution in [2.45, 2.75) is 25.9 Å². The van der Waals surface area contributed by atoms with Gasteiger partial charge in [0.05, 0.1) is 0 Å². The molecule has 0 aliphatic heterocycles. The van der Waals surface area contributed by atoms with Crippen LogP contribution in [0.1, 0.15) is 37.1 Å². The Labute approximate surface area is 124 Å². The number of carbonyl (C=O) groups excluding carboxylic acids is 1. The summed E-state index contributed by atoms with van der Waals surface area (Å²) in [6, 6.07) is 11.4. The molecular formula is C16H20N4O. The van der Waals surface area contributed by atoms with Crippen LogP contribution in [0.25, 0.3) is 0 Å². The van der Waals surface area contributed by atoms with Crippen molar-refractivity contribution in [3.8, 4) is 0 Å². The van der Waals surface area contributed by atoms with Gasteiger partial charge < -0.3 is 16.4 Å². The van der Waals surface area contributed by atoms with Crippen LogP contribution in [0.5, 0.6) is 0 Å². The predicted molar refractivity (Wildman–Crippen MR) is 83.9 cm³/mol. The van der Waals surface area contributed by atoms with E-state index in [4.69, 9.17) is 5.73 Å². The number of pyridine rings is 1. The SMILES string of the molecule is CC(N[C@H](C)c1cccnc1)c1ccc(NC(N)=O)cc1. The minimum atomic E-state index is -0.556. The lowest BCUT2D eigenvalue weighted by Crippen LogP contribution is -2.22. The first kappa shape index (κ1) is 15.0. The van der Waals surface area contributed by atoms with Gasteiger partial charge in [-0.15, -0.1) is 0 Å². The van der Waals surface area contributed by atoms with Crippen molar-refractivity contribution < 1.29 is 4.79 Å². The number of aromatic nitrogens is 1. The fraction of sp³-hybridized carbons (Fsp3) is 0.250. The second-order valence-electron chi connectivity index (χ2n) is 5.01. The number of nitrogens with one attached hydrogen (secondary N) is 2. The predicted octanol–water partition coefficient (Wildman–Crippen LogP) is 2.98. The molecule has 0 radical (unpaired) electrons. The minimum absolute atomic E-state index is 0.183. The molecule has 0 aliphatic rings. The first-order valence-corrected chi connectivity index (χ1v) is 6.88. The van der Waals surface area contributed by atoms with Gasteiger partial charge in [0.1, 0.15) is 0 Å². The van der Waals surface area contributed by atoms with Gasteiger partial charge in [0.25, 0.3) is 0 Å². The highest BCUT2D eigenvalue weighted by Gasteiger charge is 2.11. The van der Waals surface area contributed by atoms with E-state index in [1.54, 1.807) is 6.20 Å². The Morgan fingerprint density at radius 2 is 1.76 bits per heavy atom. The summed E-state index contributed by atoms with van der Waals surface area (Å²) in [4.78, 5) is 14.9. The molecular weight excluding hydrogens is 264 g/mol. The lowest BCUT2D eigenvalue weighted by atomic mass is 10.1. The zero-order valence-electron chi connectivity index (χ0n) is 12.2. The third-order valence-electron chi connectivity index (χ3n) is 3.36. The molecule has 0 bridgehead atoms. The van der Waals surface area contributed by atoms with Gasteiger partial charge in [-0.05, 0) is 43.2 Å². The molecule has 5 nitrogen and oxygen atoms in total. The molecule has 1 aromatic heterocycles. The summed E-state index contributed by atoms with van der Waals surface area (Å²) in [5.41, 5.74) is 8.07. The third kappa shape index (κ3) is 4.29. The molecule has 1 heterocycles. The van der Waals surface area contributed by atoms with Crippen molar-refractivity contribution >= 4 is 11.7 Å². The summed E-state index contributed by atoms with van der Waals surface area (Å²) in [6.07, 6.45) is 3.63. The molecule has 1 unspecified atom stereocenters. The van der Waals surface area contributed by atoms with E-state index < -0.39 is 6.03 Å². The second-order valence-corrected chi connectivity index (χ2v) is 5.01. The van der Waals surface area contributed by atoms with E-state index in [0.717, 1.165) is 11.1 Å². The van der Waals surface area contributed by atoms with Crippen LogP contribution in [0.3, 0.4) is 0 Å². The van der Waals surface area contributed by atoms with Crippen LogP contribution in [0, 0.1) is 0 Å². The topological polar surface area (TPSA) is 80.0 Å². The average Bonchev–Trinajstić information content (AvgIpc) is 2.48. The van der Waals surface area contributed by atoms with Gasteiger partial charge in [0.2, 0.25) is 0 Å².